The number of thioether (sulfide) groups is 1. The Morgan fingerprint density at radius 1 is 1.18 bits per heavy atom. The summed E-state index contributed by atoms with van der Waals surface area (Å²) in [5.74, 6) is 1.70. The lowest BCUT2D eigenvalue weighted by Crippen LogP contribution is -2.29. The van der Waals surface area contributed by atoms with Gasteiger partial charge in [0.15, 0.2) is 11.0 Å². The summed E-state index contributed by atoms with van der Waals surface area (Å²) in [5.41, 5.74) is 1.70. The van der Waals surface area contributed by atoms with E-state index in [2.05, 4.69) is 20.7 Å². The summed E-state index contributed by atoms with van der Waals surface area (Å²) >= 11 is 1.48. The molecule has 0 aliphatic rings. The molecule has 1 N–H and O–H groups in total. The van der Waals surface area contributed by atoms with Crippen molar-refractivity contribution >= 4 is 17.7 Å². The minimum Gasteiger partial charge on any atom is -0.493 e. The highest BCUT2D eigenvalue weighted by Crippen LogP contribution is 2.26. The van der Waals surface area contributed by atoms with Crippen molar-refractivity contribution in [1.29, 1.82) is 0 Å². The van der Waals surface area contributed by atoms with Crippen LogP contribution < -0.4 is 10.1 Å². The molecule has 8 nitrogen and oxygen atoms in total. The monoisotopic (exact) mass is 481 g/mol. The SMILES string of the molecule is Cc1onc(-c2ccccc2)c1C(=O)NC(C)c1nnc(SCCOc2ccc(F)cc2)n1C. The standard InChI is InChI=1S/C24H24FN5O3S/c1-15(26-23(31)20-16(2)33-29-21(20)17-7-5-4-6-8-17)22-27-28-24(30(22)3)34-14-13-32-19-11-9-18(25)10-12-19/h4-12,15H,13-14H2,1-3H3,(H,26,31). The highest BCUT2D eigenvalue weighted by molar-refractivity contribution is 7.99. The fourth-order valence-electron chi connectivity index (χ4n) is 3.42. The maximum Gasteiger partial charge on any atom is 0.257 e. The number of hydrogen-bond acceptors (Lipinski definition) is 7. The lowest BCUT2D eigenvalue weighted by Gasteiger charge is -2.14. The first-order chi connectivity index (χ1) is 16.4. The normalized spacial score (nSPS) is 11.9. The van der Waals surface area contributed by atoms with Gasteiger partial charge in [0.1, 0.15) is 28.6 Å². The van der Waals surface area contributed by atoms with Crippen LogP contribution >= 0.6 is 11.8 Å². The fraction of sp³-hybridized carbons (Fsp3) is 0.250. The van der Waals surface area contributed by atoms with Gasteiger partial charge in [-0.15, -0.1) is 10.2 Å². The molecule has 2 aromatic heterocycles. The molecule has 1 unspecified atom stereocenters. The molecule has 0 radical (unpaired) electrons. The molecule has 4 aromatic rings. The van der Waals surface area contributed by atoms with Gasteiger partial charge in [0.25, 0.3) is 5.91 Å². The van der Waals surface area contributed by atoms with E-state index in [-0.39, 0.29) is 11.7 Å². The van der Waals surface area contributed by atoms with E-state index in [4.69, 9.17) is 9.26 Å². The van der Waals surface area contributed by atoms with E-state index in [0.29, 0.717) is 46.1 Å². The summed E-state index contributed by atoms with van der Waals surface area (Å²) in [6.07, 6.45) is 0. The van der Waals surface area contributed by atoms with Gasteiger partial charge in [-0.05, 0) is 38.1 Å². The Morgan fingerprint density at radius 3 is 2.65 bits per heavy atom. The number of rotatable bonds is 9. The van der Waals surface area contributed by atoms with E-state index in [9.17, 15) is 9.18 Å². The minimum absolute atomic E-state index is 0.296. The number of benzene rings is 2. The first-order valence-corrected chi connectivity index (χ1v) is 11.7. The lowest BCUT2D eigenvalue weighted by molar-refractivity contribution is 0.0936. The van der Waals surface area contributed by atoms with Crippen molar-refractivity contribution in [2.75, 3.05) is 12.4 Å². The van der Waals surface area contributed by atoms with Gasteiger partial charge < -0.3 is 19.1 Å². The van der Waals surface area contributed by atoms with Crippen LogP contribution in [0.15, 0.2) is 64.3 Å². The van der Waals surface area contributed by atoms with Crippen molar-refractivity contribution in [2.24, 2.45) is 7.05 Å². The number of halogens is 1. The van der Waals surface area contributed by atoms with Gasteiger partial charge in [0.05, 0.1) is 12.6 Å². The Balaban J connectivity index is 1.37. The van der Waals surface area contributed by atoms with E-state index in [1.165, 1.54) is 23.9 Å². The van der Waals surface area contributed by atoms with Gasteiger partial charge in [-0.25, -0.2) is 4.39 Å². The molecular formula is C24H24FN5O3S. The van der Waals surface area contributed by atoms with Gasteiger partial charge in [0, 0.05) is 18.4 Å². The smallest absolute Gasteiger partial charge is 0.257 e. The number of aromatic nitrogens is 4. The zero-order chi connectivity index (χ0) is 24.1. The molecule has 0 aliphatic carbocycles. The van der Waals surface area contributed by atoms with Crippen LogP contribution in [-0.2, 0) is 7.05 Å². The fourth-order valence-corrected chi connectivity index (χ4v) is 4.15. The predicted molar refractivity (Wildman–Crippen MR) is 126 cm³/mol. The van der Waals surface area contributed by atoms with Gasteiger partial charge in [-0.3, -0.25) is 4.79 Å². The lowest BCUT2D eigenvalue weighted by atomic mass is 10.1. The van der Waals surface area contributed by atoms with Crippen molar-refractivity contribution in [3.63, 3.8) is 0 Å². The van der Waals surface area contributed by atoms with Crippen LogP contribution in [0.1, 0.15) is 34.9 Å². The Labute approximate surface area is 200 Å². The number of ether oxygens (including phenoxy) is 1. The van der Waals surface area contributed by atoms with Crippen molar-refractivity contribution in [1.82, 2.24) is 25.2 Å². The molecule has 4 rings (SSSR count). The molecule has 34 heavy (non-hydrogen) atoms. The summed E-state index contributed by atoms with van der Waals surface area (Å²) in [6.45, 7) is 3.99. The Kier molecular flexibility index (Phi) is 7.27. The minimum atomic E-state index is -0.396. The summed E-state index contributed by atoms with van der Waals surface area (Å²) < 4.78 is 25.7. The van der Waals surface area contributed by atoms with Crippen LogP contribution in [0.2, 0.25) is 0 Å². The molecule has 0 saturated carbocycles. The van der Waals surface area contributed by atoms with Crippen LogP contribution in [0.25, 0.3) is 11.3 Å². The van der Waals surface area contributed by atoms with E-state index in [1.54, 1.807) is 19.1 Å². The second-order valence-corrected chi connectivity index (χ2v) is 8.64. The first-order valence-electron chi connectivity index (χ1n) is 10.7. The third-order valence-electron chi connectivity index (χ3n) is 5.14. The van der Waals surface area contributed by atoms with Crippen LogP contribution in [0.5, 0.6) is 5.75 Å². The quantitative estimate of drug-likeness (QED) is 0.276. The molecule has 1 atom stereocenters. The molecule has 1 amide bonds. The molecule has 0 fully saturated rings. The summed E-state index contributed by atoms with van der Waals surface area (Å²) in [6, 6.07) is 14.9. The molecule has 10 heteroatoms. The Morgan fingerprint density at radius 2 is 1.91 bits per heavy atom. The van der Waals surface area contributed by atoms with Crippen molar-refractivity contribution in [3.05, 3.63) is 77.6 Å². The molecule has 2 heterocycles. The van der Waals surface area contributed by atoms with Crippen molar-refractivity contribution in [3.8, 4) is 17.0 Å². The summed E-state index contributed by atoms with van der Waals surface area (Å²) in [7, 11) is 1.85. The molecule has 0 saturated heterocycles. The number of nitrogens with one attached hydrogen (secondary N) is 1. The summed E-state index contributed by atoms with van der Waals surface area (Å²) in [5, 5.41) is 16.2. The number of carbonyl (C=O) groups is 1. The number of amides is 1. The first kappa shape index (κ1) is 23.5. The topological polar surface area (TPSA) is 95.1 Å². The Bertz CT molecular complexity index is 1260. The van der Waals surface area contributed by atoms with Gasteiger partial charge in [-0.1, -0.05) is 47.3 Å². The third kappa shape index (κ3) is 5.28. The zero-order valence-corrected chi connectivity index (χ0v) is 19.8. The maximum absolute atomic E-state index is 13.1. The van der Waals surface area contributed by atoms with Crippen LogP contribution in [0, 0.1) is 12.7 Å². The zero-order valence-electron chi connectivity index (χ0n) is 19.0. The average molecular weight is 482 g/mol. The predicted octanol–water partition coefficient (Wildman–Crippen LogP) is 4.58. The number of aryl methyl sites for hydroxylation is 1. The molecule has 2 aromatic carbocycles. The number of nitrogens with zero attached hydrogens (tertiary/aromatic N) is 4. The van der Waals surface area contributed by atoms with Gasteiger partial charge >= 0.3 is 0 Å². The highest BCUT2D eigenvalue weighted by Gasteiger charge is 2.25. The molecule has 0 aliphatic heterocycles. The van der Waals surface area contributed by atoms with Crippen LogP contribution in [-0.4, -0.2) is 38.2 Å². The largest absolute Gasteiger partial charge is 0.493 e. The number of carbonyl (C=O) groups excluding carboxylic acids is 1. The second-order valence-electron chi connectivity index (χ2n) is 7.57. The molecule has 0 spiro atoms. The van der Waals surface area contributed by atoms with E-state index < -0.39 is 6.04 Å². The number of hydrogen-bond donors (Lipinski definition) is 1. The van der Waals surface area contributed by atoms with Crippen molar-refractivity contribution < 1.29 is 18.4 Å². The van der Waals surface area contributed by atoms with Gasteiger partial charge in [0.2, 0.25) is 0 Å². The van der Waals surface area contributed by atoms with E-state index in [0.717, 1.165) is 5.56 Å². The van der Waals surface area contributed by atoms with E-state index >= 15 is 0 Å². The average Bonchev–Trinajstić information content (AvgIpc) is 3.41. The Hall–Kier alpha value is -3.66. The highest BCUT2D eigenvalue weighted by atomic mass is 32.2. The van der Waals surface area contributed by atoms with E-state index in [1.807, 2.05) is 48.9 Å². The second kappa shape index (κ2) is 10.5. The molecule has 176 valence electrons. The van der Waals surface area contributed by atoms with Crippen molar-refractivity contribution in [2.45, 2.75) is 25.0 Å². The van der Waals surface area contributed by atoms with Crippen LogP contribution in [0.4, 0.5) is 4.39 Å². The molecular weight excluding hydrogens is 457 g/mol. The summed E-state index contributed by atoms with van der Waals surface area (Å²) in [4.78, 5) is 13.1. The maximum atomic E-state index is 13.1. The van der Waals surface area contributed by atoms with Crippen LogP contribution in [0.3, 0.4) is 0 Å². The third-order valence-corrected chi connectivity index (χ3v) is 6.12. The molecule has 0 bridgehead atoms. The van der Waals surface area contributed by atoms with Gasteiger partial charge in [-0.2, -0.15) is 0 Å².